The molecule has 1 aromatic carbocycles. The summed E-state index contributed by atoms with van der Waals surface area (Å²) in [6.07, 6.45) is 3.27. The first-order valence-electron chi connectivity index (χ1n) is 17.5. The lowest BCUT2D eigenvalue weighted by molar-refractivity contribution is 0.0695. The third-order valence-electron chi connectivity index (χ3n) is 8.81. The van der Waals surface area contributed by atoms with Gasteiger partial charge in [0.2, 0.25) is 0 Å². The second kappa shape index (κ2) is 18.8. The van der Waals surface area contributed by atoms with Crippen LogP contribution in [0.4, 0.5) is 0 Å². The first-order chi connectivity index (χ1) is 25.2. The first kappa shape index (κ1) is 37.9. The highest BCUT2D eigenvalue weighted by Crippen LogP contribution is 2.10. The molecule has 2 atom stereocenters. The smallest absolute Gasteiger partial charge is 0.296 e. The minimum atomic E-state index is -0.843. The molecule has 6 N–H and O–H groups in total. The van der Waals surface area contributed by atoms with Gasteiger partial charge in [0.1, 0.15) is 29.1 Å². The Bertz CT molecular complexity index is 1840. The second-order valence-electron chi connectivity index (χ2n) is 12.6. The van der Waals surface area contributed by atoms with E-state index in [2.05, 4.69) is 31.9 Å². The van der Waals surface area contributed by atoms with Crippen molar-refractivity contribution in [3.63, 3.8) is 0 Å². The molecular formula is C36H46N8O8. The number of aromatic nitrogens is 2. The number of amides is 4. The number of hydrogen-bond donors (Lipinski definition) is 6. The molecule has 1 fully saturated rings. The van der Waals surface area contributed by atoms with Crippen LogP contribution < -0.4 is 47.9 Å². The van der Waals surface area contributed by atoms with Gasteiger partial charge in [0.15, 0.2) is 0 Å². The molecule has 16 heteroatoms. The third-order valence-corrected chi connectivity index (χ3v) is 8.81. The van der Waals surface area contributed by atoms with Crippen LogP contribution in [0.15, 0.2) is 64.2 Å². The van der Waals surface area contributed by atoms with Crippen LogP contribution in [0.1, 0.15) is 72.9 Å². The summed E-state index contributed by atoms with van der Waals surface area (Å²) >= 11 is 0. The summed E-state index contributed by atoms with van der Waals surface area (Å²) in [4.78, 5) is 85.4. The normalized spacial score (nSPS) is 20.2. The zero-order valence-electron chi connectivity index (χ0n) is 29.2. The van der Waals surface area contributed by atoms with E-state index in [1.54, 1.807) is 12.1 Å². The standard InChI is InChI=1S/C36H46N8O8/c1-43-29-13-11-25(35(43)49)31(45)41-27-22-51-23-28(27)42-32(46)26-12-14-30(44(36(26)50)52-21-24-9-3-2-4-10-24)34(48)40-20-8-18-38-16-6-5-15-37-17-7-19-39-33(29)47/h2-4,9-14,27-28,37-38H,5-8,15-23H2,1H3,(H,39,47)(H,40,48)(H,41,45)(H,42,46)/t27-,28+/m1/s1. The van der Waals surface area contributed by atoms with E-state index in [0.29, 0.717) is 39.0 Å². The van der Waals surface area contributed by atoms with Gasteiger partial charge in [-0.05, 0) is 81.7 Å². The van der Waals surface area contributed by atoms with Crippen molar-refractivity contribution in [2.75, 3.05) is 52.5 Å². The number of ether oxygens (including phenoxy) is 1. The maximum Gasteiger partial charge on any atom is 0.296 e. The fourth-order valence-electron chi connectivity index (χ4n) is 5.83. The Morgan fingerprint density at radius 2 is 1.13 bits per heavy atom. The molecular weight excluding hydrogens is 672 g/mol. The van der Waals surface area contributed by atoms with E-state index < -0.39 is 46.8 Å². The van der Waals surface area contributed by atoms with Crippen molar-refractivity contribution in [1.29, 1.82) is 0 Å². The molecule has 52 heavy (non-hydrogen) atoms. The minimum Gasteiger partial charge on any atom is -0.405 e. The van der Waals surface area contributed by atoms with Crippen molar-refractivity contribution in [3.05, 3.63) is 103 Å². The van der Waals surface area contributed by atoms with Crippen molar-refractivity contribution >= 4 is 23.6 Å². The van der Waals surface area contributed by atoms with E-state index in [1.165, 1.54) is 31.3 Å². The van der Waals surface area contributed by atoms with E-state index in [9.17, 15) is 28.8 Å². The topological polar surface area (TPSA) is 203 Å². The summed E-state index contributed by atoms with van der Waals surface area (Å²) in [5.74, 6) is -2.44. The van der Waals surface area contributed by atoms with Gasteiger partial charge in [0.25, 0.3) is 34.7 Å². The Morgan fingerprint density at radius 1 is 0.615 bits per heavy atom. The van der Waals surface area contributed by atoms with Crippen molar-refractivity contribution in [2.24, 2.45) is 7.05 Å². The molecule has 3 aromatic rings. The predicted molar refractivity (Wildman–Crippen MR) is 191 cm³/mol. The fourth-order valence-corrected chi connectivity index (χ4v) is 5.83. The summed E-state index contributed by atoms with van der Waals surface area (Å²) in [5, 5.41) is 17.8. The summed E-state index contributed by atoms with van der Waals surface area (Å²) in [5.41, 5.74) is -1.21. The van der Waals surface area contributed by atoms with Crippen LogP contribution in [-0.4, -0.2) is 97.5 Å². The zero-order valence-corrected chi connectivity index (χ0v) is 29.2. The molecule has 0 saturated carbocycles. The Hall–Kier alpha value is -5.32. The summed E-state index contributed by atoms with van der Waals surface area (Å²) in [6, 6.07) is 12.9. The summed E-state index contributed by atoms with van der Waals surface area (Å²) in [6.45, 7) is 3.82. The van der Waals surface area contributed by atoms with Crippen LogP contribution >= 0.6 is 0 Å². The number of nitrogens with zero attached hydrogens (tertiary/aromatic N) is 2. The number of fused-ring (bicyclic) bond motifs is 2. The molecule has 4 amide bonds. The molecule has 4 aliphatic heterocycles. The number of pyridine rings is 2. The van der Waals surface area contributed by atoms with Crippen molar-refractivity contribution in [2.45, 2.75) is 44.4 Å². The van der Waals surface area contributed by atoms with Crippen molar-refractivity contribution in [1.82, 2.24) is 41.2 Å². The maximum absolute atomic E-state index is 13.7. The van der Waals surface area contributed by atoms with Crippen LogP contribution in [0.2, 0.25) is 0 Å². The van der Waals surface area contributed by atoms with Crippen molar-refractivity contribution < 1.29 is 28.8 Å². The molecule has 0 radical (unpaired) electrons. The molecule has 4 bridgehead atoms. The highest BCUT2D eigenvalue weighted by Gasteiger charge is 2.33. The van der Waals surface area contributed by atoms with Gasteiger partial charge in [-0.2, -0.15) is 0 Å². The molecule has 6 heterocycles. The van der Waals surface area contributed by atoms with Crippen LogP contribution in [-0.2, 0) is 18.4 Å². The Balaban J connectivity index is 1.35. The average molecular weight is 719 g/mol. The molecule has 0 aliphatic carbocycles. The summed E-state index contributed by atoms with van der Waals surface area (Å²) in [7, 11) is 1.42. The first-order valence-corrected chi connectivity index (χ1v) is 17.5. The molecule has 1 saturated heterocycles. The Labute approximate surface area is 300 Å². The van der Waals surface area contributed by atoms with E-state index in [0.717, 1.165) is 40.8 Å². The number of benzene rings is 1. The van der Waals surface area contributed by atoms with Gasteiger partial charge in [0, 0.05) is 20.1 Å². The lowest BCUT2D eigenvalue weighted by atomic mass is 10.1. The van der Waals surface area contributed by atoms with Gasteiger partial charge in [0.05, 0.1) is 25.3 Å². The molecule has 0 spiro atoms. The minimum absolute atomic E-state index is 0.0252. The van der Waals surface area contributed by atoms with Crippen LogP contribution in [0.5, 0.6) is 0 Å². The van der Waals surface area contributed by atoms with Gasteiger partial charge < -0.3 is 46.0 Å². The fraction of sp³-hybridized carbons (Fsp3) is 0.444. The van der Waals surface area contributed by atoms with Crippen molar-refractivity contribution in [3.8, 4) is 0 Å². The van der Waals surface area contributed by atoms with E-state index >= 15 is 0 Å². The molecule has 0 unspecified atom stereocenters. The largest absolute Gasteiger partial charge is 0.405 e. The lowest BCUT2D eigenvalue weighted by Gasteiger charge is -2.21. The molecule has 7 rings (SSSR count). The molecule has 2 aromatic heterocycles. The van der Waals surface area contributed by atoms with Gasteiger partial charge in [-0.25, -0.2) is 0 Å². The SMILES string of the molecule is Cn1c2ccc(c1=O)C(=O)N[C@@H]1COC[C@@H]1NC(=O)c1ccc(n(OCc3ccccc3)c1=O)C(=O)NCCCNCCCCNCCCNC2=O. The number of nitrogens with one attached hydrogen (secondary N) is 6. The van der Waals surface area contributed by atoms with Gasteiger partial charge in [-0.1, -0.05) is 30.3 Å². The number of rotatable bonds is 3. The quantitative estimate of drug-likeness (QED) is 0.201. The van der Waals surface area contributed by atoms with Gasteiger partial charge in [-0.15, -0.1) is 4.73 Å². The van der Waals surface area contributed by atoms with Gasteiger partial charge >= 0.3 is 0 Å². The van der Waals surface area contributed by atoms with E-state index in [4.69, 9.17) is 9.57 Å². The number of hydrogen-bond acceptors (Lipinski definition) is 10. The maximum atomic E-state index is 13.7. The molecule has 16 nitrogen and oxygen atoms in total. The highest BCUT2D eigenvalue weighted by atomic mass is 16.7. The lowest BCUT2D eigenvalue weighted by Crippen LogP contribution is -2.52. The highest BCUT2D eigenvalue weighted by molar-refractivity contribution is 5.98. The number of carbonyl (C=O) groups is 4. The zero-order chi connectivity index (χ0) is 36.9. The summed E-state index contributed by atoms with van der Waals surface area (Å²) < 4.78 is 7.48. The number of carbonyl (C=O) groups excluding carboxylic acids is 4. The van der Waals surface area contributed by atoms with Crippen LogP contribution in [0.3, 0.4) is 0 Å². The monoisotopic (exact) mass is 718 g/mol. The Morgan fingerprint density at radius 3 is 1.73 bits per heavy atom. The third kappa shape index (κ3) is 9.92. The average Bonchev–Trinajstić information content (AvgIpc) is 3.57. The van der Waals surface area contributed by atoms with Crippen LogP contribution in [0, 0.1) is 0 Å². The second-order valence-corrected chi connectivity index (χ2v) is 12.6. The van der Waals surface area contributed by atoms with E-state index in [-0.39, 0.29) is 42.3 Å². The van der Waals surface area contributed by atoms with Gasteiger partial charge in [-0.3, -0.25) is 28.8 Å². The molecule has 4 aliphatic rings. The van der Waals surface area contributed by atoms with Crippen LogP contribution in [0.25, 0.3) is 0 Å². The van der Waals surface area contributed by atoms with E-state index in [1.807, 2.05) is 18.2 Å². The predicted octanol–water partition coefficient (Wildman–Crippen LogP) is -0.684. The Kier molecular flexibility index (Phi) is 13.7. The molecule has 278 valence electrons.